The summed E-state index contributed by atoms with van der Waals surface area (Å²) in [7, 11) is 0. The zero-order valence-corrected chi connectivity index (χ0v) is 10.5. The monoisotopic (exact) mass is 272 g/mol. The van der Waals surface area contributed by atoms with Gasteiger partial charge in [-0.05, 0) is 13.8 Å². The normalized spacial score (nSPS) is 34.7. The van der Waals surface area contributed by atoms with Gasteiger partial charge >= 0.3 is 5.69 Å². The summed E-state index contributed by atoms with van der Waals surface area (Å²) in [5, 5.41) is 29.1. The summed E-state index contributed by atoms with van der Waals surface area (Å²) in [6.45, 7) is 2.30. The molecule has 1 fully saturated rings. The highest BCUT2D eigenvalue weighted by atomic mass is 16.6. The fourth-order valence-corrected chi connectivity index (χ4v) is 2.15. The van der Waals surface area contributed by atoms with Gasteiger partial charge < -0.3 is 20.1 Å². The first-order chi connectivity index (χ1) is 8.78. The first-order valence-electron chi connectivity index (χ1n) is 5.78. The lowest BCUT2D eigenvalue weighted by molar-refractivity contribution is -0.0988. The maximum atomic E-state index is 11.7. The van der Waals surface area contributed by atoms with Gasteiger partial charge in [0.15, 0.2) is 6.23 Å². The molecule has 0 spiro atoms. The third-order valence-corrected chi connectivity index (χ3v) is 3.33. The molecule has 0 bridgehead atoms. The first kappa shape index (κ1) is 13.9. The van der Waals surface area contributed by atoms with E-state index in [1.54, 1.807) is 0 Å². The van der Waals surface area contributed by atoms with Gasteiger partial charge in [0, 0.05) is 11.8 Å². The average molecular weight is 272 g/mol. The molecule has 1 aromatic heterocycles. The van der Waals surface area contributed by atoms with Crippen LogP contribution in [0.5, 0.6) is 0 Å². The minimum absolute atomic E-state index is 0.265. The number of aryl methyl sites for hydroxylation is 1. The molecule has 2 heterocycles. The number of nitrogens with one attached hydrogen (secondary N) is 1. The van der Waals surface area contributed by atoms with Gasteiger partial charge in [0.1, 0.15) is 17.8 Å². The number of aromatic nitrogens is 2. The standard InChI is InChI=1S/C11H16N2O6/c1-5-3-13(10(17)12-8(5)16)9-11(2,18)7(15)6(4-14)19-9/h3,6-7,9,14-15,18H,4H2,1-2H3,(H,12,16,17)/t6-,7+,9-,11?/m1/s1. The number of H-pyrrole nitrogens is 1. The van der Waals surface area contributed by atoms with Crippen LogP contribution in [0.25, 0.3) is 0 Å². The van der Waals surface area contributed by atoms with Gasteiger partial charge in [0.2, 0.25) is 0 Å². The van der Waals surface area contributed by atoms with E-state index in [2.05, 4.69) is 4.98 Å². The number of aliphatic hydroxyl groups excluding tert-OH is 2. The van der Waals surface area contributed by atoms with Crippen molar-refractivity contribution in [3.05, 3.63) is 32.6 Å². The van der Waals surface area contributed by atoms with Crippen LogP contribution in [0.4, 0.5) is 0 Å². The molecule has 1 saturated heterocycles. The summed E-state index contributed by atoms with van der Waals surface area (Å²) in [6.07, 6.45) is -2.30. The number of hydrogen-bond acceptors (Lipinski definition) is 6. The summed E-state index contributed by atoms with van der Waals surface area (Å²) < 4.78 is 6.29. The predicted octanol–water partition coefficient (Wildman–Crippen LogP) is -2.15. The molecule has 0 saturated carbocycles. The van der Waals surface area contributed by atoms with E-state index in [0.29, 0.717) is 0 Å². The van der Waals surface area contributed by atoms with Gasteiger partial charge in [-0.25, -0.2) is 4.79 Å². The summed E-state index contributed by atoms with van der Waals surface area (Å²) in [6, 6.07) is 0. The summed E-state index contributed by atoms with van der Waals surface area (Å²) >= 11 is 0. The Balaban J connectivity index is 2.51. The number of hydrogen-bond donors (Lipinski definition) is 4. The van der Waals surface area contributed by atoms with Crippen molar-refractivity contribution < 1.29 is 20.1 Å². The Morgan fingerprint density at radius 1 is 1.53 bits per heavy atom. The summed E-state index contributed by atoms with van der Waals surface area (Å²) in [4.78, 5) is 25.1. The zero-order valence-electron chi connectivity index (χ0n) is 10.5. The van der Waals surface area contributed by atoms with Crippen molar-refractivity contribution in [2.75, 3.05) is 6.61 Å². The van der Waals surface area contributed by atoms with Crippen LogP contribution in [0, 0.1) is 6.92 Å². The lowest BCUT2D eigenvalue weighted by Gasteiger charge is -2.27. The van der Waals surface area contributed by atoms with Crippen LogP contribution in [0.3, 0.4) is 0 Å². The Bertz CT molecular complexity index is 590. The predicted molar refractivity (Wildman–Crippen MR) is 63.7 cm³/mol. The minimum atomic E-state index is -1.76. The lowest BCUT2D eigenvalue weighted by Crippen LogP contribution is -2.47. The van der Waals surface area contributed by atoms with E-state index in [-0.39, 0.29) is 5.56 Å². The number of nitrogens with zero attached hydrogens (tertiary/aromatic N) is 1. The van der Waals surface area contributed by atoms with Gasteiger partial charge in [-0.3, -0.25) is 14.3 Å². The Morgan fingerprint density at radius 3 is 2.68 bits per heavy atom. The molecule has 19 heavy (non-hydrogen) atoms. The number of aliphatic hydroxyl groups is 3. The third kappa shape index (κ3) is 2.12. The molecule has 106 valence electrons. The zero-order chi connectivity index (χ0) is 14.4. The van der Waals surface area contributed by atoms with Crippen molar-refractivity contribution in [1.82, 2.24) is 9.55 Å². The average Bonchev–Trinajstić information content (AvgIpc) is 2.56. The van der Waals surface area contributed by atoms with Crippen LogP contribution < -0.4 is 11.2 Å². The number of ether oxygens (including phenoxy) is 1. The van der Waals surface area contributed by atoms with Crippen molar-refractivity contribution in [1.29, 1.82) is 0 Å². The second kappa shape index (κ2) is 4.57. The van der Waals surface area contributed by atoms with Crippen LogP contribution in [-0.4, -0.2) is 49.3 Å². The largest absolute Gasteiger partial charge is 0.394 e. The van der Waals surface area contributed by atoms with E-state index in [9.17, 15) is 19.8 Å². The minimum Gasteiger partial charge on any atom is -0.394 e. The van der Waals surface area contributed by atoms with Gasteiger partial charge in [-0.1, -0.05) is 0 Å². The highest BCUT2D eigenvalue weighted by Crippen LogP contribution is 2.37. The molecule has 1 unspecified atom stereocenters. The van der Waals surface area contributed by atoms with Crippen LogP contribution in [-0.2, 0) is 4.74 Å². The Morgan fingerprint density at radius 2 is 2.16 bits per heavy atom. The molecular formula is C11H16N2O6. The number of aromatic amines is 1. The summed E-state index contributed by atoms with van der Waals surface area (Å²) in [5.74, 6) is 0. The molecule has 8 nitrogen and oxygen atoms in total. The first-order valence-corrected chi connectivity index (χ1v) is 5.78. The summed E-state index contributed by atoms with van der Waals surface area (Å²) in [5.41, 5.74) is -2.78. The van der Waals surface area contributed by atoms with E-state index >= 15 is 0 Å². The second-order valence-electron chi connectivity index (χ2n) is 4.86. The highest BCUT2D eigenvalue weighted by Gasteiger charge is 2.53. The molecule has 0 aromatic carbocycles. The quantitative estimate of drug-likeness (QED) is 0.486. The Labute approximate surface area is 107 Å². The van der Waals surface area contributed by atoms with Gasteiger partial charge in [-0.15, -0.1) is 0 Å². The van der Waals surface area contributed by atoms with Crippen molar-refractivity contribution in [2.24, 2.45) is 0 Å². The molecule has 1 aliphatic heterocycles. The van der Waals surface area contributed by atoms with E-state index in [1.165, 1.54) is 20.0 Å². The molecule has 0 amide bonds. The maximum Gasteiger partial charge on any atom is 0.330 e. The molecule has 4 N–H and O–H groups in total. The van der Waals surface area contributed by atoms with Crippen LogP contribution in [0.15, 0.2) is 15.8 Å². The molecule has 8 heteroatoms. The van der Waals surface area contributed by atoms with Crippen molar-refractivity contribution in [3.63, 3.8) is 0 Å². The molecular weight excluding hydrogens is 256 g/mol. The smallest absolute Gasteiger partial charge is 0.330 e. The second-order valence-corrected chi connectivity index (χ2v) is 4.86. The van der Waals surface area contributed by atoms with Crippen LogP contribution >= 0.6 is 0 Å². The van der Waals surface area contributed by atoms with E-state index < -0.39 is 41.9 Å². The lowest BCUT2D eigenvalue weighted by atomic mass is 9.96. The third-order valence-electron chi connectivity index (χ3n) is 3.33. The molecule has 4 atom stereocenters. The molecule has 2 rings (SSSR count). The van der Waals surface area contributed by atoms with Gasteiger partial charge in [0.05, 0.1) is 6.61 Å². The van der Waals surface area contributed by atoms with E-state index in [4.69, 9.17) is 9.84 Å². The van der Waals surface area contributed by atoms with Crippen molar-refractivity contribution >= 4 is 0 Å². The topological polar surface area (TPSA) is 125 Å². The maximum absolute atomic E-state index is 11.7. The van der Waals surface area contributed by atoms with Gasteiger partial charge in [-0.2, -0.15) is 0 Å². The Kier molecular flexibility index (Phi) is 3.35. The molecule has 0 radical (unpaired) electrons. The fraction of sp³-hybridized carbons (Fsp3) is 0.636. The number of rotatable bonds is 2. The highest BCUT2D eigenvalue weighted by molar-refractivity contribution is 5.05. The van der Waals surface area contributed by atoms with Crippen molar-refractivity contribution in [2.45, 2.75) is 37.9 Å². The van der Waals surface area contributed by atoms with Crippen LogP contribution in [0.1, 0.15) is 18.7 Å². The molecule has 1 aromatic rings. The van der Waals surface area contributed by atoms with Crippen molar-refractivity contribution in [3.8, 4) is 0 Å². The van der Waals surface area contributed by atoms with Crippen LogP contribution in [0.2, 0.25) is 0 Å². The van der Waals surface area contributed by atoms with E-state index in [0.717, 1.165) is 4.57 Å². The molecule has 1 aliphatic rings. The fourth-order valence-electron chi connectivity index (χ4n) is 2.15. The molecule has 0 aliphatic carbocycles. The van der Waals surface area contributed by atoms with Gasteiger partial charge in [0.25, 0.3) is 5.56 Å². The Hall–Kier alpha value is -1.48. The SMILES string of the molecule is Cc1cn([C@@H]2O[C@H](CO)[C@H](O)C2(C)O)c(=O)[nH]c1=O. The van der Waals surface area contributed by atoms with E-state index in [1.807, 2.05) is 0 Å².